The predicted molar refractivity (Wildman–Crippen MR) is 79.8 cm³/mol. The Balaban J connectivity index is 2.40. The largest absolute Gasteiger partial charge is 0.471 e. The molecule has 1 fully saturated rings. The second-order valence-electron chi connectivity index (χ2n) is 4.71. The molecule has 0 spiro atoms. The summed E-state index contributed by atoms with van der Waals surface area (Å²) in [5, 5.41) is 0. The Hall–Kier alpha value is -0.840. The lowest BCUT2D eigenvalue weighted by atomic mass is 10.1. The van der Waals surface area contributed by atoms with Gasteiger partial charge in [0.2, 0.25) is 0 Å². The van der Waals surface area contributed by atoms with Crippen molar-refractivity contribution in [3.8, 4) is 0 Å². The van der Waals surface area contributed by atoms with Crippen molar-refractivity contribution in [1.29, 1.82) is 0 Å². The molecule has 0 radical (unpaired) electrons. The van der Waals surface area contributed by atoms with E-state index in [0.717, 1.165) is 3.57 Å². The van der Waals surface area contributed by atoms with Crippen molar-refractivity contribution in [2.24, 2.45) is 0 Å². The molecule has 9 heteroatoms. The molecule has 4 nitrogen and oxygen atoms in total. The standard InChI is InChI=1S/C12H11F3INO3S/c13-12(14,15)11(18)17(9-3-1-8(16)2-4-9)10-5-6-21(19,20)7-10/h1-4,10H,5-7H2. The zero-order valence-electron chi connectivity index (χ0n) is 10.6. The molecule has 21 heavy (non-hydrogen) atoms. The van der Waals surface area contributed by atoms with E-state index in [1.54, 1.807) is 12.1 Å². The number of nitrogens with zero attached hydrogens (tertiary/aromatic N) is 1. The lowest BCUT2D eigenvalue weighted by Crippen LogP contribution is -2.48. The average Bonchev–Trinajstić information content (AvgIpc) is 2.71. The van der Waals surface area contributed by atoms with E-state index in [1.165, 1.54) is 12.1 Å². The molecule has 1 saturated heterocycles. The van der Waals surface area contributed by atoms with Crippen molar-refractivity contribution in [3.05, 3.63) is 27.8 Å². The minimum Gasteiger partial charge on any atom is -0.300 e. The lowest BCUT2D eigenvalue weighted by molar-refractivity contribution is -0.170. The van der Waals surface area contributed by atoms with Crippen LogP contribution in [0.5, 0.6) is 0 Å². The summed E-state index contributed by atoms with van der Waals surface area (Å²) in [5.74, 6) is -2.68. The van der Waals surface area contributed by atoms with Gasteiger partial charge in [0.15, 0.2) is 9.84 Å². The van der Waals surface area contributed by atoms with Gasteiger partial charge < -0.3 is 4.90 Å². The molecule has 1 heterocycles. The first kappa shape index (κ1) is 16.5. The molecule has 1 atom stereocenters. The monoisotopic (exact) mass is 433 g/mol. The SMILES string of the molecule is O=C(N(c1ccc(I)cc1)C1CCS(=O)(=O)C1)C(F)(F)F. The van der Waals surface area contributed by atoms with Crippen LogP contribution in [0.3, 0.4) is 0 Å². The third kappa shape index (κ3) is 3.87. The molecule has 0 bridgehead atoms. The Morgan fingerprint density at radius 2 is 1.81 bits per heavy atom. The zero-order valence-corrected chi connectivity index (χ0v) is 13.6. The van der Waals surface area contributed by atoms with Gasteiger partial charge in [0.05, 0.1) is 17.5 Å². The normalized spacial score (nSPS) is 21.2. The fraction of sp³-hybridized carbons (Fsp3) is 0.417. The summed E-state index contributed by atoms with van der Waals surface area (Å²) >= 11 is 1.99. The Labute approximate surface area is 133 Å². The lowest BCUT2D eigenvalue weighted by Gasteiger charge is -2.29. The fourth-order valence-electron chi connectivity index (χ4n) is 2.21. The van der Waals surface area contributed by atoms with Gasteiger partial charge in [0.25, 0.3) is 0 Å². The zero-order chi connectivity index (χ0) is 15.8. The van der Waals surface area contributed by atoms with Gasteiger partial charge >= 0.3 is 12.1 Å². The average molecular weight is 433 g/mol. The Bertz CT molecular complexity index is 643. The van der Waals surface area contributed by atoms with Crippen LogP contribution < -0.4 is 4.90 Å². The molecule has 116 valence electrons. The van der Waals surface area contributed by atoms with Crippen molar-refractivity contribution in [2.45, 2.75) is 18.6 Å². The summed E-state index contributed by atoms with van der Waals surface area (Å²) in [6.45, 7) is 0. The van der Waals surface area contributed by atoms with Gasteiger partial charge in [-0.1, -0.05) is 0 Å². The van der Waals surface area contributed by atoms with Crippen LogP contribution in [0.4, 0.5) is 18.9 Å². The number of hydrogen-bond donors (Lipinski definition) is 0. The first-order valence-electron chi connectivity index (χ1n) is 5.96. The van der Waals surface area contributed by atoms with Gasteiger partial charge in [-0.25, -0.2) is 8.42 Å². The molecule has 0 aromatic heterocycles. The van der Waals surface area contributed by atoms with Crippen molar-refractivity contribution in [1.82, 2.24) is 0 Å². The van der Waals surface area contributed by atoms with E-state index >= 15 is 0 Å². The molecule has 1 aromatic rings. The highest BCUT2D eigenvalue weighted by atomic mass is 127. The summed E-state index contributed by atoms with van der Waals surface area (Å²) in [7, 11) is -3.40. The quantitative estimate of drug-likeness (QED) is 0.674. The molecule has 0 aliphatic carbocycles. The molecule has 1 unspecified atom stereocenters. The summed E-state index contributed by atoms with van der Waals surface area (Å²) in [6, 6.07) is 4.92. The summed E-state index contributed by atoms with van der Waals surface area (Å²) in [5.41, 5.74) is 0.0554. The smallest absolute Gasteiger partial charge is 0.300 e. The van der Waals surface area contributed by atoms with Gasteiger partial charge in [-0.05, 0) is 53.3 Å². The van der Waals surface area contributed by atoms with E-state index in [-0.39, 0.29) is 17.9 Å². The highest BCUT2D eigenvalue weighted by Gasteiger charge is 2.47. The maximum atomic E-state index is 12.8. The van der Waals surface area contributed by atoms with Crippen LogP contribution >= 0.6 is 22.6 Å². The number of sulfone groups is 1. The number of carbonyl (C=O) groups is 1. The highest BCUT2D eigenvalue weighted by molar-refractivity contribution is 14.1. The number of rotatable bonds is 2. The molecule has 2 rings (SSSR count). The van der Waals surface area contributed by atoms with Crippen LogP contribution in [-0.4, -0.2) is 38.0 Å². The van der Waals surface area contributed by atoms with E-state index in [2.05, 4.69) is 0 Å². The first-order valence-corrected chi connectivity index (χ1v) is 8.86. The predicted octanol–water partition coefficient (Wildman–Crippen LogP) is 2.37. The van der Waals surface area contributed by atoms with Gasteiger partial charge in [-0.2, -0.15) is 13.2 Å². The van der Waals surface area contributed by atoms with Crippen molar-refractivity contribution in [2.75, 3.05) is 16.4 Å². The van der Waals surface area contributed by atoms with Gasteiger partial charge in [0.1, 0.15) is 0 Å². The van der Waals surface area contributed by atoms with Gasteiger partial charge in [0, 0.05) is 9.26 Å². The third-order valence-corrected chi connectivity index (χ3v) is 5.61. The van der Waals surface area contributed by atoms with E-state index in [4.69, 9.17) is 0 Å². The van der Waals surface area contributed by atoms with Crippen molar-refractivity contribution in [3.63, 3.8) is 0 Å². The molecule has 1 aromatic carbocycles. The molecule has 1 aliphatic heterocycles. The highest BCUT2D eigenvalue weighted by Crippen LogP contribution is 2.30. The van der Waals surface area contributed by atoms with Gasteiger partial charge in [-0.15, -0.1) is 0 Å². The van der Waals surface area contributed by atoms with Crippen molar-refractivity contribution >= 4 is 44.0 Å². The number of benzene rings is 1. The van der Waals surface area contributed by atoms with Crippen LogP contribution in [0.25, 0.3) is 0 Å². The molecular weight excluding hydrogens is 422 g/mol. The number of amides is 1. The maximum absolute atomic E-state index is 12.8. The minimum atomic E-state index is -5.05. The number of anilines is 1. The van der Waals surface area contributed by atoms with Crippen LogP contribution in [0, 0.1) is 3.57 Å². The molecule has 1 amide bonds. The topological polar surface area (TPSA) is 54.5 Å². The number of hydrogen-bond acceptors (Lipinski definition) is 3. The Morgan fingerprint density at radius 3 is 2.24 bits per heavy atom. The molecule has 0 saturated carbocycles. The van der Waals surface area contributed by atoms with Gasteiger partial charge in [-0.3, -0.25) is 4.79 Å². The van der Waals surface area contributed by atoms with E-state index in [0.29, 0.717) is 4.90 Å². The van der Waals surface area contributed by atoms with Crippen LogP contribution in [0.1, 0.15) is 6.42 Å². The second-order valence-corrected chi connectivity index (χ2v) is 8.18. The Morgan fingerprint density at radius 1 is 1.24 bits per heavy atom. The van der Waals surface area contributed by atoms with Crippen LogP contribution in [0.2, 0.25) is 0 Å². The summed E-state index contributed by atoms with van der Waals surface area (Å²) in [4.78, 5) is 12.2. The van der Waals surface area contributed by atoms with E-state index in [1.807, 2.05) is 22.6 Å². The van der Waals surface area contributed by atoms with Crippen LogP contribution in [0.15, 0.2) is 24.3 Å². The van der Waals surface area contributed by atoms with Crippen LogP contribution in [-0.2, 0) is 14.6 Å². The molecule has 1 aliphatic rings. The maximum Gasteiger partial charge on any atom is 0.471 e. The van der Waals surface area contributed by atoms with E-state index < -0.39 is 33.7 Å². The summed E-state index contributed by atoms with van der Waals surface area (Å²) in [6.07, 6.45) is -5.04. The number of alkyl halides is 3. The Kier molecular flexibility index (Phi) is 4.52. The minimum absolute atomic E-state index is 0.0101. The van der Waals surface area contributed by atoms with Crippen molar-refractivity contribution < 1.29 is 26.4 Å². The fourth-order valence-corrected chi connectivity index (χ4v) is 4.27. The molecule has 0 N–H and O–H groups in total. The third-order valence-electron chi connectivity index (χ3n) is 3.14. The summed E-state index contributed by atoms with van der Waals surface area (Å²) < 4.78 is 62.1. The van der Waals surface area contributed by atoms with E-state index in [9.17, 15) is 26.4 Å². The molecular formula is C12H11F3INO3S. The first-order chi connectivity index (χ1) is 9.60. The second kappa shape index (κ2) is 5.75. The number of carbonyl (C=O) groups excluding carboxylic acids is 1. The number of halogens is 4.